The zero-order chi connectivity index (χ0) is 22.1. The molecule has 0 amide bonds. The zero-order valence-electron chi connectivity index (χ0n) is 17.3. The smallest absolute Gasteiger partial charge is 0.178 e. The lowest BCUT2D eigenvalue weighted by atomic mass is 10.1. The van der Waals surface area contributed by atoms with Gasteiger partial charge in [0.1, 0.15) is 11.5 Å². The Morgan fingerprint density at radius 1 is 1.03 bits per heavy atom. The van der Waals surface area contributed by atoms with Crippen LogP contribution in [0.2, 0.25) is 0 Å². The van der Waals surface area contributed by atoms with E-state index >= 15 is 0 Å². The molecular formula is C25H19FN6. The molecule has 5 rings (SSSR count). The largest absolute Gasteiger partial charge is 0.335 e. The number of hydrogen-bond acceptors (Lipinski definition) is 4. The predicted molar refractivity (Wildman–Crippen MR) is 124 cm³/mol. The highest BCUT2D eigenvalue weighted by Gasteiger charge is 2.16. The fraction of sp³-hybridized carbons (Fsp3) is 0.0400. The number of pyridine rings is 2. The summed E-state index contributed by atoms with van der Waals surface area (Å²) in [4.78, 5) is 16.4. The lowest BCUT2D eigenvalue weighted by molar-refractivity contribution is 0.631. The summed E-state index contributed by atoms with van der Waals surface area (Å²) in [6.45, 7) is 6.12. The van der Waals surface area contributed by atoms with Crippen molar-refractivity contribution >= 4 is 28.9 Å². The number of nitrogens with one attached hydrogen (secondary N) is 2. The third-order valence-electron chi connectivity index (χ3n) is 5.27. The molecule has 0 saturated carbocycles. The molecule has 2 N–H and O–H groups in total. The van der Waals surface area contributed by atoms with Crippen molar-refractivity contribution in [3.05, 3.63) is 89.6 Å². The summed E-state index contributed by atoms with van der Waals surface area (Å²) < 4.78 is 14.5. The molecule has 0 bridgehead atoms. The highest BCUT2D eigenvalue weighted by Crippen LogP contribution is 2.29. The van der Waals surface area contributed by atoms with E-state index < -0.39 is 0 Å². The van der Waals surface area contributed by atoms with Crippen LogP contribution in [0.3, 0.4) is 0 Å². The fourth-order valence-corrected chi connectivity index (χ4v) is 3.66. The molecule has 4 aromatic heterocycles. The normalized spacial score (nSPS) is 12.6. The first-order valence-corrected chi connectivity index (χ1v) is 10.1. The van der Waals surface area contributed by atoms with Gasteiger partial charge in [-0.05, 0) is 48.4 Å². The van der Waals surface area contributed by atoms with Gasteiger partial charge in [0.15, 0.2) is 11.5 Å². The molecule has 7 heteroatoms. The number of H-pyrrole nitrogens is 2. The molecule has 6 nitrogen and oxygen atoms in total. The maximum Gasteiger partial charge on any atom is 0.178 e. The Kier molecular flexibility index (Phi) is 4.91. The molecule has 5 aromatic rings. The van der Waals surface area contributed by atoms with Gasteiger partial charge in [0.25, 0.3) is 0 Å². The summed E-state index contributed by atoms with van der Waals surface area (Å²) in [6.07, 6.45) is 8.98. The first-order valence-electron chi connectivity index (χ1n) is 10.1. The number of aromatic nitrogens is 6. The number of halogens is 1. The number of fused-ring (bicyclic) bond motifs is 1. The number of hydrogen-bond donors (Lipinski definition) is 2. The van der Waals surface area contributed by atoms with E-state index in [0.717, 1.165) is 21.7 Å². The van der Waals surface area contributed by atoms with Gasteiger partial charge in [-0.2, -0.15) is 5.10 Å². The Balaban J connectivity index is 1.69. The van der Waals surface area contributed by atoms with E-state index in [1.807, 2.05) is 31.2 Å². The van der Waals surface area contributed by atoms with Gasteiger partial charge < -0.3 is 4.98 Å². The molecule has 0 atom stereocenters. The average molecular weight is 422 g/mol. The van der Waals surface area contributed by atoms with Crippen molar-refractivity contribution in [2.24, 2.45) is 0 Å². The van der Waals surface area contributed by atoms with Crippen molar-refractivity contribution in [1.29, 1.82) is 0 Å². The van der Waals surface area contributed by atoms with Crippen LogP contribution in [-0.4, -0.2) is 30.1 Å². The molecule has 0 radical (unpaired) electrons. The molecule has 0 spiro atoms. The van der Waals surface area contributed by atoms with Crippen LogP contribution in [0.25, 0.3) is 51.5 Å². The van der Waals surface area contributed by atoms with Gasteiger partial charge >= 0.3 is 0 Å². The van der Waals surface area contributed by atoms with Gasteiger partial charge in [-0.3, -0.25) is 10.1 Å². The van der Waals surface area contributed by atoms with E-state index in [2.05, 4.69) is 36.7 Å². The van der Waals surface area contributed by atoms with Gasteiger partial charge in [0, 0.05) is 34.9 Å². The molecule has 0 aliphatic carbocycles. The van der Waals surface area contributed by atoms with E-state index in [4.69, 9.17) is 0 Å². The second-order valence-electron chi connectivity index (χ2n) is 7.22. The molecule has 1 aromatic carbocycles. The number of benzene rings is 1. The first kappa shape index (κ1) is 19.6. The summed E-state index contributed by atoms with van der Waals surface area (Å²) in [7, 11) is 0. The number of allylic oxidation sites excluding steroid dienone is 1. The molecule has 0 unspecified atom stereocenters. The second-order valence-corrected chi connectivity index (χ2v) is 7.22. The standard InChI is InChI=1S/C25H19FN6/c1-3-21-19(14-15(2)16-8-11-27-12-9-16)23(32-31-21)25-29-22-18(10-13-28-24(22)30-25)17-6-4-5-7-20(17)26/h3-14,31H,2H2,1H3,(H,28,29,30)/b19-14+,21-3+. The van der Waals surface area contributed by atoms with Gasteiger partial charge in [0.2, 0.25) is 0 Å². The van der Waals surface area contributed by atoms with Gasteiger partial charge in [-0.15, -0.1) is 0 Å². The van der Waals surface area contributed by atoms with E-state index in [1.165, 1.54) is 6.07 Å². The lowest BCUT2D eigenvalue weighted by Crippen LogP contribution is -2.23. The minimum Gasteiger partial charge on any atom is -0.335 e. The number of nitrogens with zero attached hydrogens (tertiary/aromatic N) is 4. The van der Waals surface area contributed by atoms with Crippen LogP contribution in [0, 0.1) is 5.82 Å². The molecule has 4 heterocycles. The molecular weight excluding hydrogens is 403 g/mol. The maximum absolute atomic E-state index is 14.5. The lowest BCUT2D eigenvalue weighted by Gasteiger charge is -2.03. The van der Waals surface area contributed by atoms with Gasteiger partial charge in [-0.25, -0.2) is 14.4 Å². The third kappa shape index (κ3) is 3.39. The highest BCUT2D eigenvalue weighted by atomic mass is 19.1. The average Bonchev–Trinajstić information content (AvgIpc) is 3.43. The van der Waals surface area contributed by atoms with E-state index in [1.54, 1.807) is 42.9 Å². The molecule has 0 saturated heterocycles. The molecule has 0 aliphatic heterocycles. The van der Waals surface area contributed by atoms with Crippen LogP contribution in [0.15, 0.2) is 67.6 Å². The van der Waals surface area contributed by atoms with E-state index in [-0.39, 0.29) is 5.82 Å². The summed E-state index contributed by atoms with van der Waals surface area (Å²) in [5.74, 6) is 0.232. The summed E-state index contributed by atoms with van der Waals surface area (Å²) in [5, 5.41) is 9.22. The van der Waals surface area contributed by atoms with Crippen molar-refractivity contribution in [2.75, 3.05) is 0 Å². The zero-order valence-corrected chi connectivity index (χ0v) is 17.3. The van der Waals surface area contributed by atoms with Crippen LogP contribution >= 0.6 is 0 Å². The Morgan fingerprint density at radius 3 is 2.62 bits per heavy atom. The van der Waals surface area contributed by atoms with Crippen molar-refractivity contribution < 1.29 is 4.39 Å². The van der Waals surface area contributed by atoms with Crippen LogP contribution in [-0.2, 0) is 0 Å². The Labute approximate surface area is 182 Å². The van der Waals surface area contributed by atoms with Gasteiger partial charge in [-0.1, -0.05) is 30.9 Å². The topological polar surface area (TPSA) is 83.1 Å². The summed E-state index contributed by atoms with van der Waals surface area (Å²) in [6, 6.07) is 12.2. The SMILES string of the molecule is C=C(/C=c1/c(-c2nc3nccc(-c4ccccc4F)c3[nH]2)n[nH]/c1=C/C)c1ccncc1. The van der Waals surface area contributed by atoms with Crippen molar-refractivity contribution in [3.63, 3.8) is 0 Å². The van der Waals surface area contributed by atoms with Crippen LogP contribution in [0.1, 0.15) is 12.5 Å². The quantitative estimate of drug-likeness (QED) is 0.461. The minimum absolute atomic E-state index is 0.304. The Bertz CT molecular complexity index is 1560. The summed E-state index contributed by atoms with van der Waals surface area (Å²) in [5.41, 5.74) is 4.72. The van der Waals surface area contributed by atoms with Crippen molar-refractivity contribution in [2.45, 2.75) is 6.92 Å². The van der Waals surface area contributed by atoms with Crippen molar-refractivity contribution in [1.82, 2.24) is 30.1 Å². The number of rotatable bonds is 4. The Hall–Kier alpha value is -4.39. The predicted octanol–water partition coefficient (Wildman–Crippen LogP) is 3.84. The molecule has 0 fully saturated rings. The third-order valence-corrected chi connectivity index (χ3v) is 5.27. The number of aromatic amines is 2. The second kappa shape index (κ2) is 8.03. The molecule has 156 valence electrons. The summed E-state index contributed by atoms with van der Waals surface area (Å²) >= 11 is 0. The molecule has 0 aliphatic rings. The van der Waals surface area contributed by atoms with Crippen LogP contribution < -0.4 is 10.6 Å². The molecule has 32 heavy (non-hydrogen) atoms. The first-order chi connectivity index (χ1) is 15.7. The van der Waals surface area contributed by atoms with E-state index in [9.17, 15) is 4.39 Å². The van der Waals surface area contributed by atoms with Crippen LogP contribution in [0.4, 0.5) is 4.39 Å². The minimum atomic E-state index is -0.304. The number of imidazole rings is 1. The van der Waals surface area contributed by atoms with Gasteiger partial charge in [0.05, 0.1) is 10.9 Å². The maximum atomic E-state index is 14.5. The highest BCUT2D eigenvalue weighted by molar-refractivity contribution is 5.92. The Morgan fingerprint density at radius 2 is 1.84 bits per heavy atom. The van der Waals surface area contributed by atoms with Crippen LogP contribution in [0.5, 0.6) is 0 Å². The fourth-order valence-electron chi connectivity index (χ4n) is 3.66. The monoisotopic (exact) mass is 422 g/mol. The van der Waals surface area contributed by atoms with E-state index in [0.29, 0.717) is 33.8 Å². The van der Waals surface area contributed by atoms with Crippen molar-refractivity contribution in [3.8, 4) is 22.6 Å².